The van der Waals surface area contributed by atoms with Gasteiger partial charge in [0.25, 0.3) is 0 Å². The molecule has 1 saturated heterocycles. The molecule has 0 spiro atoms. The third-order valence-electron chi connectivity index (χ3n) is 5.73. The van der Waals surface area contributed by atoms with Gasteiger partial charge in [0, 0.05) is 37.1 Å². The van der Waals surface area contributed by atoms with Crippen molar-refractivity contribution in [2.45, 2.75) is 37.8 Å². The lowest BCUT2D eigenvalue weighted by molar-refractivity contribution is -0.131. The molecule has 0 radical (unpaired) electrons. The number of hydrogen-bond donors (Lipinski definition) is 1. The highest BCUT2D eigenvalue weighted by atomic mass is 35.5. The van der Waals surface area contributed by atoms with Gasteiger partial charge in [-0.3, -0.25) is 9.69 Å². The number of nitrogens with two attached hydrogens (primary N) is 1. The fourth-order valence-electron chi connectivity index (χ4n) is 4.03. The minimum Gasteiger partial charge on any atom is -0.344 e. The highest BCUT2D eigenvalue weighted by Gasteiger charge is 2.28. The fraction of sp³-hybridized carbons (Fsp3) is 0.435. The lowest BCUT2D eigenvalue weighted by Gasteiger charge is -2.32. The van der Waals surface area contributed by atoms with Crippen molar-refractivity contribution in [3.8, 4) is 0 Å². The number of carbonyl (C=O) groups is 1. The number of hydrogen-bond acceptors (Lipinski definition) is 3. The third-order valence-corrected chi connectivity index (χ3v) is 6.07. The number of benzene rings is 2. The molecule has 2 atom stereocenters. The Labute approximate surface area is 185 Å². The summed E-state index contributed by atoms with van der Waals surface area (Å²) in [5, 5.41) is 0.658. The van der Waals surface area contributed by atoms with Crippen molar-refractivity contribution in [2.24, 2.45) is 5.73 Å². The van der Waals surface area contributed by atoms with Crippen molar-refractivity contribution in [3.63, 3.8) is 0 Å². The van der Waals surface area contributed by atoms with Gasteiger partial charge in [0.05, 0.1) is 6.04 Å². The first-order chi connectivity index (χ1) is 14.8. The Morgan fingerprint density at radius 3 is 2.45 bits per heavy atom. The number of likely N-dealkylation sites (N-methyl/N-ethyl adjacent to an activating group) is 1. The van der Waals surface area contributed by atoms with Gasteiger partial charge in [-0.2, -0.15) is 0 Å². The summed E-state index contributed by atoms with van der Waals surface area (Å²) in [5.74, 6) is -3.46. The highest BCUT2D eigenvalue weighted by molar-refractivity contribution is 6.31. The van der Waals surface area contributed by atoms with E-state index in [1.165, 1.54) is 0 Å². The van der Waals surface area contributed by atoms with Crippen molar-refractivity contribution >= 4 is 17.5 Å². The van der Waals surface area contributed by atoms with Crippen LogP contribution in [0.5, 0.6) is 0 Å². The molecule has 2 unspecified atom stereocenters. The van der Waals surface area contributed by atoms with Gasteiger partial charge in [-0.15, -0.1) is 0 Å². The maximum absolute atomic E-state index is 13.9. The van der Waals surface area contributed by atoms with Gasteiger partial charge in [-0.1, -0.05) is 29.8 Å². The summed E-state index contributed by atoms with van der Waals surface area (Å²) in [4.78, 5) is 16.7. The van der Waals surface area contributed by atoms with Crippen LogP contribution >= 0.6 is 11.6 Å². The van der Waals surface area contributed by atoms with E-state index in [0.717, 1.165) is 37.6 Å². The summed E-state index contributed by atoms with van der Waals surface area (Å²) in [6.45, 7) is 2.31. The molecule has 168 valence electrons. The minimum absolute atomic E-state index is 0.0370. The molecule has 2 N–H and O–H groups in total. The fourth-order valence-corrected chi connectivity index (χ4v) is 4.29. The monoisotopic (exact) mass is 453 g/mol. The molecule has 0 bridgehead atoms. The standard InChI is InChI=1S/C23H27ClF3N3O/c1-29(14-22(30-8-4-5-9-30)17-6-2-3-7-18(17)24)23(31)12-16(28)10-15-11-20(26)21(27)13-19(15)25/h2-3,6-7,11,13,16,22H,4-5,8-10,12,14,28H2,1H3. The first-order valence-electron chi connectivity index (χ1n) is 10.4. The lowest BCUT2D eigenvalue weighted by Crippen LogP contribution is -2.40. The molecule has 0 aromatic heterocycles. The quantitative estimate of drug-likeness (QED) is 0.606. The highest BCUT2D eigenvalue weighted by Crippen LogP contribution is 2.31. The topological polar surface area (TPSA) is 49.6 Å². The predicted molar refractivity (Wildman–Crippen MR) is 115 cm³/mol. The molecule has 3 rings (SSSR count). The Bertz CT molecular complexity index is 921. The van der Waals surface area contributed by atoms with E-state index in [0.29, 0.717) is 17.6 Å². The first kappa shape index (κ1) is 23.6. The first-order valence-corrected chi connectivity index (χ1v) is 10.8. The van der Waals surface area contributed by atoms with Crippen LogP contribution in [0.25, 0.3) is 0 Å². The zero-order valence-corrected chi connectivity index (χ0v) is 18.2. The van der Waals surface area contributed by atoms with Gasteiger partial charge < -0.3 is 10.6 Å². The third kappa shape index (κ3) is 5.99. The number of rotatable bonds is 8. The SMILES string of the molecule is CN(CC(c1ccccc1Cl)N1CCCC1)C(=O)CC(N)Cc1cc(F)c(F)cc1F. The number of nitrogens with zero attached hydrogens (tertiary/aromatic N) is 2. The molecular weight excluding hydrogens is 427 g/mol. The zero-order valence-electron chi connectivity index (χ0n) is 17.5. The van der Waals surface area contributed by atoms with E-state index in [4.69, 9.17) is 17.3 Å². The average molecular weight is 454 g/mol. The number of halogens is 4. The van der Waals surface area contributed by atoms with Gasteiger partial charge in [-0.25, -0.2) is 13.2 Å². The van der Waals surface area contributed by atoms with E-state index in [-0.39, 0.29) is 30.4 Å². The molecule has 8 heteroatoms. The number of carbonyl (C=O) groups excluding carboxylic acids is 1. The van der Waals surface area contributed by atoms with Crippen LogP contribution in [0.4, 0.5) is 13.2 Å². The van der Waals surface area contributed by atoms with Gasteiger partial charge in [0.1, 0.15) is 5.82 Å². The average Bonchev–Trinajstić information content (AvgIpc) is 3.25. The normalized spacial score (nSPS) is 16.3. The van der Waals surface area contributed by atoms with Gasteiger partial charge >= 0.3 is 0 Å². The van der Waals surface area contributed by atoms with Crippen LogP contribution in [0.15, 0.2) is 36.4 Å². The summed E-state index contributed by atoms with van der Waals surface area (Å²) in [6, 6.07) is 8.14. The van der Waals surface area contributed by atoms with Crippen LogP contribution in [0.2, 0.25) is 5.02 Å². The number of amides is 1. The zero-order chi connectivity index (χ0) is 22.5. The van der Waals surface area contributed by atoms with Gasteiger partial charge in [0.15, 0.2) is 11.6 Å². The molecule has 1 amide bonds. The Kier molecular flexibility index (Phi) is 7.97. The summed E-state index contributed by atoms with van der Waals surface area (Å²) < 4.78 is 40.4. The number of likely N-dealkylation sites (tertiary alicyclic amines) is 1. The maximum atomic E-state index is 13.9. The smallest absolute Gasteiger partial charge is 0.223 e. The van der Waals surface area contributed by atoms with Crippen LogP contribution in [0.1, 0.15) is 36.4 Å². The van der Waals surface area contributed by atoms with E-state index in [2.05, 4.69) is 4.90 Å². The van der Waals surface area contributed by atoms with Crippen LogP contribution in [0.3, 0.4) is 0 Å². The van der Waals surface area contributed by atoms with Crippen molar-refractivity contribution in [2.75, 3.05) is 26.7 Å². The summed E-state index contributed by atoms with van der Waals surface area (Å²) in [6.07, 6.45) is 2.10. The molecule has 0 saturated carbocycles. The molecule has 1 aliphatic rings. The van der Waals surface area contributed by atoms with Gasteiger partial charge in [-0.05, 0) is 55.6 Å². The van der Waals surface area contributed by atoms with Crippen LogP contribution in [0, 0.1) is 17.5 Å². The maximum Gasteiger partial charge on any atom is 0.223 e. The minimum atomic E-state index is -1.25. The Balaban J connectivity index is 1.65. The molecule has 1 aliphatic heterocycles. The summed E-state index contributed by atoms with van der Waals surface area (Å²) >= 11 is 6.43. The summed E-state index contributed by atoms with van der Waals surface area (Å²) in [7, 11) is 1.70. The lowest BCUT2D eigenvalue weighted by atomic mass is 10.0. The van der Waals surface area contributed by atoms with Crippen molar-refractivity contribution < 1.29 is 18.0 Å². The molecular formula is C23H27ClF3N3O. The van der Waals surface area contributed by atoms with Crippen molar-refractivity contribution in [1.82, 2.24) is 9.80 Å². The molecule has 2 aromatic carbocycles. The van der Waals surface area contributed by atoms with E-state index in [1.807, 2.05) is 24.3 Å². The Hall–Kier alpha value is -2.09. The van der Waals surface area contributed by atoms with Gasteiger partial charge in [0.2, 0.25) is 5.91 Å². The van der Waals surface area contributed by atoms with E-state index in [9.17, 15) is 18.0 Å². The Morgan fingerprint density at radius 1 is 1.13 bits per heavy atom. The molecule has 31 heavy (non-hydrogen) atoms. The van der Waals surface area contributed by atoms with Crippen molar-refractivity contribution in [3.05, 3.63) is 70.0 Å². The summed E-state index contributed by atoms with van der Waals surface area (Å²) in [5.41, 5.74) is 6.95. The molecule has 1 heterocycles. The molecule has 0 aliphatic carbocycles. The van der Waals surface area contributed by atoms with E-state index < -0.39 is 23.5 Å². The molecule has 4 nitrogen and oxygen atoms in total. The second-order valence-corrected chi connectivity index (χ2v) is 8.49. The van der Waals surface area contributed by atoms with Crippen LogP contribution in [-0.4, -0.2) is 48.4 Å². The van der Waals surface area contributed by atoms with Crippen LogP contribution < -0.4 is 5.73 Å². The predicted octanol–water partition coefficient (Wildman–Crippen LogP) is 4.31. The van der Waals surface area contributed by atoms with Crippen LogP contribution in [-0.2, 0) is 11.2 Å². The second-order valence-electron chi connectivity index (χ2n) is 8.08. The molecule has 1 fully saturated rings. The van der Waals surface area contributed by atoms with E-state index >= 15 is 0 Å². The largest absolute Gasteiger partial charge is 0.344 e. The van der Waals surface area contributed by atoms with E-state index in [1.54, 1.807) is 11.9 Å². The molecule has 2 aromatic rings. The Morgan fingerprint density at radius 2 is 1.77 bits per heavy atom. The second kappa shape index (κ2) is 10.5. The van der Waals surface area contributed by atoms with Crippen molar-refractivity contribution in [1.29, 1.82) is 0 Å².